The molecule has 0 atom stereocenters. The lowest BCUT2D eigenvalue weighted by molar-refractivity contribution is 0.669. The summed E-state index contributed by atoms with van der Waals surface area (Å²) in [5, 5.41) is 4.56. The third kappa shape index (κ3) is 5.45. The maximum absolute atomic E-state index is 6.61. The Morgan fingerprint density at radius 3 is 1.36 bits per heavy atom. The van der Waals surface area contributed by atoms with Gasteiger partial charge in [-0.3, -0.25) is 0 Å². The Morgan fingerprint density at radius 1 is 0.304 bits per heavy atom. The fraction of sp³-hybridized carbons (Fsp3) is 0. The van der Waals surface area contributed by atoms with Gasteiger partial charge >= 0.3 is 0 Å². The molecule has 8 aromatic carbocycles. The summed E-state index contributed by atoms with van der Waals surface area (Å²) >= 11 is 0. The van der Waals surface area contributed by atoms with Crippen LogP contribution in [0.3, 0.4) is 0 Å². The number of aromatic nitrogens is 4. The third-order valence-electron chi connectivity index (χ3n) is 10.7. The van der Waals surface area contributed by atoms with Gasteiger partial charge in [-0.25, -0.2) is 15.0 Å². The van der Waals surface area contributed by atoms with Crippen LogP contribution in [0.15, 0.2) is 199 Å². The monoisotopic (exact) mass is 716 g/mol. The van der Waals surface area contributed by atoms with Gasteiger partial charge in [0.2, 0.25) is 0 Å². The number of hydrogen-bond donors (Lipinski definition) is 0. The second-order valence-electron chi connectivity index (χ2n) is 14.1. The van der Waals surface area contributed by atoms with Crippen molar-refractivity contribution in [3.8, 4) is 62.1 Å². The highest BCUT2D eigenvalue weighted by molar-refractivity contribution is 6.11. The first kappa shape index (κ1) is 31.9. The molecule has 3 aromatic heterocycles. The Hall–Kier alpha value is -7.63. The minimum absolute atomic E-state index is 0.596. The quantitative estimate of drug-likeness (QED) is 0.172. The van der Waals surface area contributed by atoms with E-state index in [4.69, 9.17) is 19.4 Å². The molecule has 0 saturated heterocycles. The SMILES string of the molecule is c1ccc(-c2ccc(-n3c4ccccc4c4ccc(-c5ccc6c(c5)oc5cc(-c7nc(-c8ccccc8)nc(-c8ccccc8)n7)ccc56)cc43)cc2)cc1. The molecular formula is C51H32N4O. The van der Waals surface area contributed by atoms with Crippen LogP contribution in [0.5, 0.6) is 0 Å². The van der Waals surface area contributed by atoms with Crippen molar-refractivity contribution in [2.45, 2.75) is 0 Å². The molecule has 11 aromatic rings. The highest BCUT2D eigenvalue weighted by Crippen LogP contribution is 2.38. The second kappa shape index (κ2) is 13.0. The molecule has 5 nitrogen and oxygen atoms in total. The van der Waals surface area contributed by atoms with Crippen molar-refractivity contribution in [1.29, 1.82) is 0 Å². The van der Waals surface area contributed by atoms with Crippen LogP contribution in [0.25, 0.3) is 106 Å². The van der Waals surface area contributed by atoms with E-state index in [9.17, 15) is 0 Å². The average molecular weight is 717 g/mol. The normalized spacial score (nSPS) is 11.6. The minimum Gasteiger partial charge on any atom is -0.456 e. The van der Waals surface area contributed by atoms with Crippen LogP contribution in [0.2, 0.25) is 0 Å². The van der Waals surface area contributed by atoms with Crippen LogP contribution < -0.4 is 0 Å². The summed E-state index contributed by atoms with van der Waals surface area (Å²) in [4.78, 5) is 14.7. The van der Waals surface area contributed by atoms with Gasteiger partial charge in [-0.05, 0) is 70.8 Å². The summed E-state index contributed by atoms with van der Waals surface area (Å²) in [6.45, 7) is 0. The van der Waals surface area contributed by atoms with E-state index in [1.165, 1.54) is 27.4 Å². The number of rotatable bonds is 6. The molecular weight excluding hydrogens is 685 g/mol. The van der Waals surface area contributed by atoms with Crippen LogP contribution >= 0.6 is 0 Å². The average Bonchev–Trinajstić information content (AvgIpc) is 3.81. The predicted molar refractivity (Wildman–Crippen MR) is 229 cm³/mol. The van der Waals surface area contributed by atoms with Crippen LogP contribution in [0.4, 0.5) is 0 Å². The molecule has 0 amide bonds. The molecule has 0 saturated carbocycles. The summed E-state index contributed by atoms with van der Waals surface area (Å²) in [7, 11) is 0. The number of furan rings is 1. The van der Waals surface area contributed by atoms with Crippen molar-refractivity contribution in [3.05, 3.63) is 194 Å². The first-order valence-electron chi connectivity index (χ1n) is 18.8. The Balaban J connectivity index is 0.995. The van der Waals surface area contributed by atoms with Crippen LogP contribution in [-0.4, -0.2) is 19.5 Å². The van der Waals surface area contributed by atoms with Crippen LogP contribution in [0, 0.1) is 0 Å². The van der Waals surface area contributed by atoms with Crippen molar-refractivity contribution in [3.63, 3.8) is 0 Å². The van der Waals surface area contributed by atoms with Gasteiger partial charge in [0, 0.05) is 43.9 Å². The topological polar surface area (TPSA) is 56.7 Å². The van der Waals surface area contributed by atoms with Crippen molar-refractivity contribution < 1.29 is 4.42 Å². The van der Waals surface area contributed by atoms with Gasteiger partial charge in [-0.15, -0.1) is 0 Å². The van der Waals surface area contributed by atoms with Gasteiger partial charge in [0.1, 0.15) is 11.2 Å². The van der Waals surface area contributed by atoms with Crippen molar-refractivity contribution in [2.24, 2.45) is 0 Å². The Kier molecular flexibility index (Phi) is 7.42. The third-order valence-corrected chi connectivity index (χ3v) is 10.7. The van der Waals surface area contributed by atoms with Gasteiger partial charge in [0.25, 0.3) is 0 Å². The number of para-hydroxylation sites is 1. The Bertz CT molecular complexity index is 3160. The summed E-state index contributed by atoms with van der Waals surface area (Å²) in [5.74, 6) is 1.85. The lowest BCUT2D eigenvalue weighted by Gasteiger charge is -2.10. The fourth-order valence-corrected chi connectivity index (χ4v) is 7.90. The molecule has 56 heavy (non-hydrogen) atoms. The molecule has 11 rings (SSSR count). The van der Waals surface area contributed by atoms with E-state index in [1.807, 2.05) is 66.7 Å². The minimum atomic E-state index is 0.596. The van der Waals surface area contributed by atoms with Crippen LogP contribution in [-0.2, 0) is 0 Å². The zero-order chi connectivity index (χ0) is 37.0. The van der Waals surface area contributed by atoms with E-state index < -0.39 is 0 Å². The van der Waals surface area contributed by atoms with E-state index in [0.29, 0.717) is 17.5 Å². The molecule has 3 heterocycles. The summed E-state index contributed by atoms with van der Waals surface area (Å²) in [6, 6.07) is 67.6. The van der Waals surface area contributed by atoms with E-state index in [2.05, 4.69) is 132 Å². The second-order valence-corrected chi connectivity index (χ2v) is 14.1. The van der Waals surface area contributed by atoms with Gasteiger partial charge < -0.3 is 8.98 Å². The molecule has 0 aliphatic carbocycles. The number of fused-ring (bicyclic) bond motifs is 6. The number of benzene rings is 8. The van der Waals surface area contributed by atoms with Crippen molar-refractivity contribution in [2.75, 3.05) is 0 Å². The smallest absolute Gasteiger partial charge is 0.164 e. The maximum Gasteiger partial charge on any atom is 0.164 e. The molecule has 0 aliphatic heterocycles. The predicted octanol–water partition coefficient (Wildman–Crippen LogP) is 13.2. The highest BCUT2D eigenvalue weighted by atomic mass is 16.3. The first-order valence-corrected chi connectivity index (χ1v) is 18.8. The summed E-state index contributed by atoms with van der Waals surface area (Å²) in [6.07, 6.45) is 0. The molecule has 0 radical (unpaired) electrons. The van der Waals surface area contributed by atoms with Gasteiger partial charge in [0.05, 0.1) is 11.0 Å². The molecule has 262 valence electrons. The molecule has 0 bridgehead atoms. The van der Waals surface area contributed by atoms with Gasteiger partial charge in [-0.1, -0.05) is 146 Å². The number of hydrogen-bond acceptors (Lipinski definition) is 4. The van der Waals surface area contributed by atoms with E-state index in [1.54, 1.807) is 0 Å². The highest BCUT2D eigenvalue weighted by Gasteiger charge is 2.17. The van der Waals surface area contributed by atoms with Crippen LogP contribution in [0.1, 0.15) is 0 Å². The van der Waals surface area contributed by atoms with E-state index in [-0.39, 0.29) is 0 Å². The van der Waals surface area contributed by atoms with Crippen molar-refractivity contribution >= 4 is 43.7 Å². The largest absolute Gasteiger partial charge is 0.456 e. The summed E-state index contributed by atoms with van der Waals surface area (Å²) < 4.78 is 8.98. The standard InChI is InChI=1S/C51H32N4O/c1-4-12-33(13-5-1)34-20-25-40(26-21-34)55-45-19-11-10-18-41(45)42-27-22-37(30-46(42)55)38-23-28-43-44-29-24-39(32-48(44)56-47(43)31-38)51-53-49(35-14-6-2-7-15-35)52-50(54-51)36-16-8-3-9-17-36/h1-32H. The van der Waals surface area contributed by atoms with E-state index >= 15 is 0 Å². The molecule has 0 fully saturated rings. The van der Waals surface area contributed by atoms with E-state index in [0.717, 1.165) is 61.0 Å². The van der Waals surface area contributed by atoms with Crippen molar-refractivity contribution in [1.82, 2.24) is 19.5 Å². The number of nitrogens with zero attached hydrogens (tertiary/aromatic N) is 4. The lowest BCUT2D eigenvalue weighted by Crippen LogP contribution is -2.00. The van der Waals surface area contributed by atoms with Gasteiger partial charge in [0.15, 0.2) is 17.5 Å². The lowest BCUT2D eigenvalue weighted by atomic mass is 10.0. The zero-order valence-electron chi connectivity index (χ0n) is 30.2. The van der Waals surface area contributed by atoms with Gasteiger partial charge in [-0.2, -0.15) is 0 Å². The molecule has 0 N–H and O–H groups in total. The Labute approximate surface area is 322 Å². The molecule has 0 aliphatic rings. The maximum atomic E-state index is 6.61. The molecule has 0 spiro atoms. The fourth-order valence-electron chi connectivity index (χ4n) is 7.90. The molecule has 0 unspecified atom stereocenters. The summed E-state index contributed by atoms with van der Waals surface area (Å²) in [5.41, 5.74) is 12.4. The Morgan fingerprint density at radius 2 is 0.732 bits per heavy atom. The zero-order valence-corrected chi connectivity index (χ0v) is 30.2. The molecule has 5 heteroatoms. The first-order chi connectivity index (χ1) is 27.7.